The SMILES string of the molecule is Cc1ccc(C(=O)Nc2ncc(C)s2)c(=O)[nH]1. The van der Waals surface area contributed by atoms with Gasteiger partial charge in [-0.15, -0.1) is 11.3 Å². The van der Waals surface area contributed by atoms with E-state index in [9.17, 15) is 9.59 Å². The van der Waals surface area contributed by atoms with Crippen molar-refractivity contribution in [1.29, 1.82) is 0 Å². The number of pyridine rings is 1. The summed E-state index contributed by atoms with van der Waals surface area (Å²) in [6.45, 7) is 3.65. The monoisotopic (exact) mass is 249 g/mol. The van der Waals surface area contributed by atoms with E-state index in [2.05, 4.69) is 15.3 Å². The number of aromatic nitrogens is 2. The van der Waals surface area contributed by atoms with Crippen molar-refractivity contribution in [2.24, 2.45) is 0 Å². The molecule has 0 saturated carbocycles. The first-order valence-corrected chi connectivity index (χ1v) is 5.81. The van der Waals surface area contributed by atoms with Crippen molar-refractivity contribution in [3.8, 4) is 0 Å². The lowest BCUT2D eigenvalue weighted by Gasteiger charge is -2.01. The molecule has 0 aliphatic heterocycles. The summed E-state index contributed by atoms with van der Waals surface area (Å²) in [5.41, 5.74) is 0.413. The Kier molecular flexibility index (Phi) is 3.06. The van der Waals surface area contributed by atoms with Crippen LogP contribution < -0.4 is 10.9 Å². The van der Waals surface area contributed by atoms with Gasteiger partial charge >= 0.3 is 0 Å². The Hall–Kier alpha value is -1.95. The van der Waals surface area contributed by atoms with Crippen LogP contribution in [0.2, 0.25) is 0 Å². The first-order valence-electron chi connectivity index (χ1n) is 5.00. The van der Waals surface area contributed by atoms with E-state index in [0.29, 0.717) is 5.13 Å². The smallest absolute Gasteiger partial charge is 0.263 e. The minimum atomic E-state index is -0.444. The van der Waals surface area contributed by atoms with Crippen molar-refractivity contribution < 1.29 is 4.79 Å². The molecule has 2 aromatic rings. The average molecular weight is 249 g/mol. The number of nitrogens with zero attached hydrogens (tertiary/aromatic N) is 1. The molecule has 0 radical (unpaired) electrons. The molecule has 0 spiro atoms. The Morgan fingerprint density at radius 3 is 2.76 bits per heavy atom. The number of amides is 1. The number of nitrogens with one attached hydrogen (secondary N) is 2. The van der Waals surface area contributed by atoms with Crippen LogP contribution in [0.3, 0.4) is 0 Å². The van der Waals surface area contributed by atoms with Gasteiger partial charge in [-0.2, -0.15) is 0 Å². The molecule has 2 heterocycles. The van der Waals surface area contributed by atoms with Crippen molar-refractivity contribution >= 4 is 22.4 Å². The van der Waals surface area contributed by atoms with E-state index in [0.717, 1.165) is 10.6 Å². The van der Waals surface area contributed by atoms with Crippen LogP contribution in [0.1, 0.15) is 20.9 Å². The predicted octanol–water partition coefficient (Wildman–Crippen LogP) is 1.70. The van der Waals surface area contributed by atoms with Crippen LogP contribution in [0.25, 0.3) is 0 Å². The predicted molar refractivity (Wildman–Crippen MR) is 66.6 cm³/mol. The molecule has 0 aromatic carbocycles. The molecule has 17 heavy (non-hydrogen) atoms. The second-order valence-corrected chi connectivity index (χ2v) is 4.85. The van der Waals surface area contributed by atoms with Crippen LogP contribution in [0.15, 0.2) is 23.1 Å². The summed E-state index contributed by atoms with van der Waals surface area (Å²) in [5.74, 6) is -0.444. The van der Waals surface area contributed by atoms with E-state index in [1.54, 1.807) is 19.2 Å². The molecule has 0 bridgehead atoms. The van der Waals surface area contributed by atoms with Crippen LogP contribution in [-0.2, 0) is 0 Å². The minimum Gasteiger partial charge on any atom is -0.326 e. The van der Waals surface area contributed by atoms with Crippen LogP contribution in [0.4, 0.5) is 5.13 Å². The highest BCUT2D eigenvalue weighted by molar-refractivity contribution is 7.15. The zero-order chi connectivity index (χ0) is 12.4. The maximum atomic E-state index is 11.8. The lowest BCUT2D eigenvalue weighted by atomic mass is 10.2. The number of H-pyrrole nitrogens is 1. The summed E-state index contributed by atoms with van der Waals surface area (Å²) in [4.78, 5) is 30.9. The number of hydrogen-bond acceptors (Lipinski definition) is 4. The van der Waals surface area contributed by atoms with Gasteiger partial charge in [0.2, 0.25) is 0 Å². The zero-order valence-electron chi connectivity index (χ0n) is 9.40. The number of aryl methyl sites for hydroxylation is 2. The lowest BCUT2D eigenvalue weighted by Crippen LogP contribution is -2.23. The molecule has 5 nitrogen and oxygen atoms in total. The van der Waals surface area contributed by atoms with Gasteiger partial charge in [-0.3, -0.25) is 14.9 Å². The molecule has 0 aliphatic rings. The number of rotatable bonds is 2. The summed E-state index contributed by atoms with van der Waals surface area (Å²) in [6, 6.07) is 3.19. The summed E-state index contributed by atoms with van der Waals surface area (Å²) in [5, 5.41) is 3.08. The minimum absolute atomic E-state index is 0.0865. The Bertz CT molecular complexity index is 615. The maximum absolute atomic E-state index is 11.8. The average Bonchev–Trinajstić information content (AvgIpc) is 2.63. The first kappa shape index (κ1) is 11.5. The van der Waals surface area contributed by atoms with E-state index in [4.69, 9.17) is 0 Å². The van der Waals surface area contributed by atoms with Crippen molar-refractivity contribution in [3.05, 3.63) is 44.8 Å². The summed E-state index contributed by atoms with van der Waals surface area (Å²) in [7, 11) is 0. The molecule has 2 N–H and O–H groups in total. The molecule has 88 valence electrons. The molecule has 0 aliphatic carbocycles. The fourth-order valence-corrected chi connectivity index (χ4v) is 1.99. The lowest BCUT2D eigenvalue weighted by molar-refractivity contribution is 0.102. The third-order valence-corrected chi connectivity index (χ3v) is 2.97. The van der Waals surface area contributed by atoms with Crippen LogP contribution in [0, 0.1) is 13.8 Å². The second kappa shape index (κ2) is 4.50. The van der Waals surface area contributed by atoms with E-state index in [1.807, 2.05) is 6.92 Å². The number of anilines is 1. The van der Waals surface area contributed by atoms with Crippen LogP contribution in [0.5, 0.6) is 0 Å². The highest BCUT2D eigenvalue weighted by Gasteiger charge is 2.11. The highest BCUT2D eigenvalue weighted by Crippen LogP contribution is 2.16. The van der Waals surface area contributed by atoms with E-state index in [1.165, 1.54) is 17.4 Å². The fraction of sp³-hybridized carbons (Fsp3) is 0.182. The van der Waals surface area contributed by atoms with E-state index in [-0.39, 0.29) is 5.56 Å². The van der Waals surface area contributed by atoms with Gasteiger partial charge in [-0.25, -0.2) is 4.98 Å². The molecule has 0 saturated heterocycles. The number of carbonyl (C=O) groups is 1. The largest absolute Gasteiger partial charge is 0.326 e. The summed E-state index contributed by atoms with van der Waals surface area (Å²) in [6.07, 6.45) is 1.67. The van der Waals surface area contributed by atoms with Gasteiger partial charge < -0.3 is 4.98 Å². The second-order valence-electron chi connectivity index (χ2n) is 3.61. The van der Waals surface area contributed by atoms with Gasteiger partial charge in [0.25, 0.3) is 11.5 Å². The molecule has 2 rings (SSSR count). The third-order valence-electron chi connectivity index (χ3n) is 2.14. The number of hydrogen-bond donors (Lipinski definition) is 2. The Balaban J connectivity index is 2.23. The van der Waals surface area contributed by atoms with Gasteiger partial charge in [0, 0.05) is 16.8 Å². The Morgan fingerprint density at radius 1 is 1.41 bits per heavy atom. The summed E-state index contributed by atoms with van der Waals surface area (Å²) >= 11 is 1.36. The molecule has 0 unspecified atom stereocenters. The van der Waals surface area contributed by atoms with Crippen molar-refractivity contribution in [2.45, 2.75) is 13.8 Å². The molecule has 0 atom stereocenters. The Morgan fingerprint density at radius 2 is 2.18 bits per heavy atom. The zero-order valence-corrected chi connectivity index (χ0v) is 10.2. The number of carbonyl (C=O) groups excluding carboxylic acids is 1. The summed E-state index contributed by atoms with van der Waals surface area (Å²) < 4.78 is 0. The molecule has 6 heteroatoms. The molecule has 0 fully saturated rings. The molecule has 1 amide bonds. The van der Waals surface area contributed by atoms with Gasteiger partial charge in [0.15, 0.2) is 5.13 Å². The van der Waals surface area contributed by atoms with Gasteiger partial charge in [0.05, 0.1) is 0 Å². The number of thiazole rings is 1. The van der Waals surface area contributed by atoms with Crippen molar-refractivity contribution in [3.63, 3.8) is 0 Å². The van der Waals surface area contributed by atoms with Gasteiger partial charge in [-0.1, -0.05) is 0 Å². The van der Waals surface area contributed by atoms with Crippen LogP contribution >= 0.6 is 11.3 Å². The Labute approximate surface area is 102 Å². The van der Waals surface area contributed by atoms with Gasteiger partial charge in [0.1, 0.15) is 5.56 Å². The topological polar surface area (TPSA) is 74.8 Å². The van der Waals surface area contributed by atoms with E-state index < -0.39 is 11.5 Å². The molecular weight excluding hydrogens is 238 g/mol. The number of aromatic amines is 1. The maximum Gasteiger partial charge on any atom is 0.263 e. The third kappa shape index (κ3) is 2.59. The van der Waals surface area contributed by atoms with Gasteiger partial charge in [-0.05, 0) is 26.0 Å². The molecule has 2 aromatic heterocycles. The molecular formula is C11H11N3O2S. The quantitative estimate of drug-likeness (QED) is 0.850. The van der Waals surface area contributed by atoms with Crippen molar-refractivity contribution in [1.82, 2.24) is 9.97 Å². The first-order chi connectivity index (χ1) is 8.06. The van der Waals surface area contributed by atoms with Crippen LogP contribution in [-0.4, -0.2) is 15.9 Å². The van der Waals surface area contributed by atoms with Crippen molar-refractivity contribution in [2.75, 3.05) is 5.32 Å². The standard InChI is InChI=1S/C11H11N3O2S/c1-6-3-4-8(9(15)13-6)10(16)14-11-12-5-7(2)17-11/h3-5H,1-2H3,(H,13,15)(H,12,14,16). The normalized spacial score (nSPS) is 10.2. The highest BCUT2D eigenvalue weighted by atomic mass is 32.1. The fourth-order valence-electron chi connectivity index (χ4n) is 1.33. The van der Waals surface area contributed by atoms with E-state index >= 15 is 0 Å².